The second kappa shape index (κ2) is 9.27. The van der Waals surface area contributed by atoms with Crippen LogP contribution in [0.25, 0.3) is 0 Å². The van der Waals surface area contributed by atoms with Crippen LogP contribution in [-0.4, -0.2) is 43.2 Å². The summed E-state index contributed by atoms with van der Waals surface area (Å²) in [7, 11) is 0. The van der Waals surface area contributed by atoms with Crippen molar-refractivity contribution in [1.29, 1.82) is 0 Å². The van der Waals surface area contributed by atoms with Gasteiger partial charge in [0.2, 0.25) is 0 Å². The molecule has 1 saturated heterocycles. The minimum Gasteiger partial charge on any atom is -0.491 e. The van der Waals surface area contributed by atoms with Crippen molar-refractivity contribution in [3.8, 4) is 5.75 Å². The Morgan fingerprint density at radius 3 is 2.69 bits per heavy atom. The van der Waals surface area contributed by atoms with Crippen LogP contribution in [0.4, 0.5) is 9.18 Å². The summed E-state index contributed by atoms with van der Waals surface area (Å²) in [6, 6.07) is 14.8. The van der Waals surface area contributed by atoms with Gasteiger partial charge in [0, 0.05) is 18.7 Å². The van der Waals surface area contributed by atoms with Gasteiger partial charge in [-0.25, -0.2) is 9.18 Å². The van der Waals surface area contributed by atoms with Gasteiger partial charge in [0.15, 0.2) is 0 Å². The predicted octanol–water partition coefficient (Wildman–Crippen LogP) is 3.34. The number of carbonyl (C=O) groups is 1. The molecule has 2 aromatic carbocycles. The third kappa shape index (κ3) is 5.26. The van der Waals surface area contributed by atoms with Gasteiger partial charge in [-0.1, -0.05) is 36.4 Å². The highest BCUT2D eigenvalue weighted by molar-refractivity contribution is 5.74. The number of rotatable bonds is 5. The first-order valence-corrected chi connectivity index (χ1v) is 10.4. The van der Waals surface area contributed by atoms with Crippen molar-refractivity contribution >= 4 is 6.03 Å². The van der Waals surface area contributed by atoms with E-state index >= 15 is 0 Å². The van der Waals surface area contributed by atoms with Crippen LogP contribution in [0.3, 0.4) is 0 Å². The fourth-order valence-electron chi connectivity index (χ4n) is 4.11. The van der Waals surface area contributed by atoms with E-state index in [1.165, 1.54) is 6.07 Å². The fourth-order valence-corrected chi connectivity index (χ4v) is 4.11. The van der Waals surface area contributed by atoms with Gasteiger partial charge in [-0.15, -0.1) is 0 Å². The maximum atomic E-state index is 13.8. The number of hydrogen-bond acceptors (Lipinski definition) is 3. The number of fused-ring (bicyclic) bond motifs is 1. The van der Waals surface area contributed by atoms with E-state index in [1.54, 1.807) is 6.07 Å². The SMILES string of the molecule is O=C(NCC1CCN(Cc2ccccc2F)CC1)NC1COc2ccccc2C1. The number of para-hydroxylation sites is 1. The first-order valence-electron chi connectivity index (χ1n) is 10.4. The van der Waals surface area contributed by atoms with Gasteiger partial charge in [-0.2, -0.15) is 0 Å². The Bertz CT molecular complexity index is 836. The highest BCUT2D eigenvalue weighted by atomic mass is 19.1. The van der Waals surface area contributed by atoms with Gasteiger partial charge in [-0.05, 0) is 56.0 Å². The topological polar surface area (TPSA) is 53.6 Å². The van der Waals surface area contributed by atoms with Gasteiger partial charge in [-0.3, -0.25) is 4.90 Å². The van der Waals surface area contributed by atoms with E-state index in [1.807, 2.05) is 36.4 Å². The third-order valence-electron chi connectivity index (χ3n) is 5.82. The molecule has 2 aliphatic rings. The molecule has 0 bridgehead atoms. The van der Waals surface area contributed by atoms with Crippen LogP contribution < -0.4 is 15.4 Å². The zero-order valence-electron chi connectivity index (χ0n) is 16.6. The lowest BCUT2D eigenvalue weighted by atomic mass is 9.96. The minimum absolute atomic E-state index is 0.00693. The van der Waals surface area contributed by atoms with Crippen LogP contribution in [-0.2, 0) is 13.0 Å². The highest BCUT2D eigenvalue weighted by Gasteiger charge is 2.23. The molecule has 6 heteroatoms. The second-order valence-corrected chi connectivity index (χ2v) is 7.99. The molecule has 2 aliphatic heterocycles. The Kier molecular flexibility index (Phi) is 6.30. The van der Waals surface area contributed by atoms with Crippen LogP contribution in [0.5, 0.6) is 5.75 Å². The van der Waals surface area contributed by atoms with E-state index in [2.05, 4.69) is 15.5 Å². The lowest BCUT2D eigenvalue weighted by molar-refractivity contribution is 0.172. The normalized spacial score (nSPS) is 19.8. The number of benzene rings is 2. The average Bonchev–Trinajstić information content (AvgIpc) is 2.75. The van der Waals surface area contributed by atoms with Crippen LogP contribution >= 0.6 is 0 Å². The number of urea groups is 1. The molecule has 0 radical (unpaired) electrons. The second-order valence-electron chi connectivity index (χ2n) is 7.99. The third-order valence-corrected chi connectivity index (χ3v) is 5.82. The van der Waals surface area contributed by atoms with Crippen molar-refractivity contribution in [2.75, 3.05) is 26.2 Å². The van der Waals surface area contributed by atoms with Crippen molar-refractivity contribution < 1.29 is 13.9 Å². The number of halogens is 1. The molecule has 1 unspecified atom stereocenters. The van der Waals surface area contributed by atoms with Gasteiger partial charge in [0.05, 0.1) is 6.04 Å². The van der Waals surface area contributed by atoms with Gasteiger partial charge >= 0.3 is 6.03 Å². The summed E-state index contributed by atoms with van der Waals surface area (Å²) in [6.07, 6.45) is 2.81. The largest absolute Gasteiger partial charge is 0.491 e. The van der Waals surface area contributed by atoms with Crippen LogP contribution in [0.1, 0.15) is 24.0 Å². The quantitative estimate of drug-likeness (QED) is 0.814. The first-order chi connectivity index (χ1) is 14.2. The number of amides is 2. The summed E-state index contributed by atoms with van der Waals surface area (Å²) in [6.45, 7) is 3.67. The van der Waals surface area contributed by atoms with E-state index in [9.17, 15) is 9.18 Å². The molecule has 154 valence electrons. The van der Waals surface area contributed by atoms with Crippen LogP contribution in [0.15, 0.2) is 48.5 Å². The monoisotopic (exact) mass is 397 g/mol. The maximum absolute atomic E-state index is 13.8. The number of nitrogens with zero attached hydrogens (tertiary/aromatic N) is 1. The fraction of sp³-hybridized carbons (Fsp3) is 0.435. The lowest BCUT2D eigenvalue weighted by Gasteiger charge is -2.32. The van der Waals surface area contributed by atoms with Gasteiger partial charge in [0.1, 0.15) is 18.2 Å². The van der Waals surface area contributed by atoms with Gasteiger partial charge in [0.25, 0.3) is 0 Å². The summed E-state index contributed by atoms with van der Waals surface area (Å²) in [5.74, 6) is 1.23. The zero-order valence-corrected chi connectivity index (χ0v) is 16.6. The van der Waals surface area contributed by atoms with E-state index in [4.69, 9.17) is 4.74 Å². The summed E-state index contributed by atoms with van der Waals surface area (Å²) in [4.78, 5) is 14.6. The number of likely N-dealkylation sites (tertiary alicyclic amines) is 1. The molecule has 0 spiro atoms. The molecule has 1 fully saturated rings. The standard InChI is InChI=1S/C23H28FN3O2/c24-21-7-3-1-6-19(21)15-27-11-9-17(10-12-27)14-25-23(28)26-20-13-18-5-2-4-8-22(18)29-16-20/h1-8,17,20H,9-16H2,(H2,25,26,28). The van der Waals surface area contributed by atoms with E-state index in [0.717, 1.165) is 49.2 Å². The molecule has 0 aromatic heterocycles. The highest BCUT2D eigenvalue weighted by Crippen LogP contribution is 2.24. The molecule has 0 aliphatic carbocycles. The van der Waals surface area contributed by atoms with Crippen molar-refractivity contribution in [2.45, 2.75) is 31.8 Å². The summed E-state index contributed by atoms with van der Waals surface area (Å²) in [5.41, 5.74) is 1.88. The first kappa shape index (κ1) is 19.7. The smallest absolute Gasteiger partial charge is 0.315 e. The lowest BCUT2D eigenvalue weighted by Crippen LogP contribution is -2.48. The molecule has 0 saturated carbocycles. The molecule has 2 N–H and O–H groups in total. The molecule has 1 atom stereocenters. The van der Waals surface area contributed by atoms with Gasteiger partial charge < -0.3 is 15.4 Å². The van der Waals surface area contributed by atoms with Crippen molar-refractivity contribution in [3.63, 3.8) is 0 Å². The van der Waals surface area contributed by atoms with Crippen molar-refractivity contribution in [3.05, 3.63) is 65.5 Å². The Labute approximate surface area is 171 Å². The average molecular weight is 397 g/mol. The number of piperidine rings is 1. The Balaban J connectivity index is 1.16. The molecular weight excluding hydrogens is 369 g/mol. The Morgan fingerprint density at radius 2 is 1.86 bits per heavy atom. The summed E-state index contributed by atoms with van der Waals surface area (Å²) in [5, 5.41) is 6.03. The Morgan fingerprint density at radius 1 is 1.10 bits per heavy atom. The van der Waals surface area contributed by atoms with Crippen molar-refractivity contribution in [2.24, 2.45) is 5.92 Å². The van der Waals surface area contributed by atoms with E-state index in [0.29, 0.717) is 25.6 Å². The molecule has 2 heterocycles. The number of hydrogen-bond donors (Lipinski definition) is 2. The van der Waals surface area contributed by atoms with E-state index < -0.39 is 0 Å². The summed E-state index contributed by atoms with van der Waals surface area (Å²) < 4.78 is 19.5. The molecule has 2 aromatic rings. The molecule has 4 rings (SSSR count). The summed E-state index contributed by atoms with van der Waals surface area (Å²) >= 11 is 0. The maximum Gasteiger partial charge on any atom is 0.315 e. The van der Waals surface area contributed by atoms with Crippen molar-refractivity contribution in [1.82, 2.24) is 15.5 Å². The van der Waals surface area contributed by atoms with E-state index in [-0.39, 0.29) is 17.9 Å². The number of ether oxygens (including phenoxy) is 1. The molecule has 5 nitrogen and oxygen atoms in total. The molecule has 2 amide bonds. The molecule has 29 heavy (non-hydrogen) atoms. The van der Waals surface area contributed by atoms with Crippen LogP contribution in [0, 0.1) is 11.7 Å². The number of carbonyl (C=O) groups excluding carboxylic acids is 1. The number of nitrogens with one attached hydrogen (secondary N) is 2. The zero-order chi connectivity index (χ0) is 20.1. The van der Waals surface area contributed by atoms with Crippen LogP contribution in [0.2, 0.25) is 0 Å². The molecular formula is C23H28FN3O2. The predicted molar refractivity (Wildman–Crippen MR) is 110 cm³/mol. The minimum atomic E-state index is -0.137. The Hall–Kier alpha value is -2.60.